The second kappa shape index (κ2) is 2.48. The van der Waals surface area contributed by atoms with E-state index in [9.17, 15) is 9.59 Å². The average molecular weight is 197 g/mol. The van der Waals surface area contributed by atoms with Crippen LogP contribution in [0.15, 0.2) is 0 Å². The number of rotatable bonds is 0. The molecule has 0 aromatic heterocycles. The first-order chi connectivity index (χ1) is 6.70. The van der Waals surface area contributed by atoms with Crippen LogP contribution in [0.1, 0.15) is 19.3 Å². The van der Waals surface area contributed by atoms with Gasteiger partial charge in [-0.2, -0.15) is 0 Å². The molecule has 2 atom stereocenters. The number of hydrogen-bond acceptors (Lipinski definition) is 5. The Labute approximate surface area is 81.0 Å². The van der Waals surface area contributed by atoms with Crippen molar-refractivity contribution in [3.8, 4) is 0 Å². The first-order valence-corrected chi connectivity index (χ1v) is 4.91. The highest BCUT2D eigenvalue weighted by Gasteiger charge is 2.57. The van der Waals surface area contributed by atoms with Gasteiger partial charge in [0.25, 0.3) is 0 Å². The van der Waals surface area contributed by atoms with Crippen molar-refractivity contribution in [2.24, 2.45) is 5.92 Å². The molecule has 1 spiro atoms. The van der Waals surface area contributed by atoms with Gasteiger partial charge >= 0.3 is 17.8 Å². The number of hydrogen-bond donors (Lipinski definition) is 0. The van der Waals surface area contributed by atoms with E-state index in [1.165, 1.54) is 0 Å². The summed E-state index contributed by atoms with van der Waals surface area (Å²) in [7, 11) is 0. The van der Waals surface area contributed by atoms with Crippen LogP contribution in [0.3, 0.4) is 0 Å². The van der Waals surface area contributed by atoms with Gasteiger partial charge in [0, 0.05) is 19.5 Å². The molecular formula is C9H11NO4. The van der Waals surface area contributed by atoms with E-state index in [4.69, 9.17) is 9.47 Å². The molecule has 2 bridgehead atoms. The number of ether oxygens (including phenoxy) is 2. The SMILES string of the molecule is O=C1OC2(CCC3CCN2C3)OC1=O. The van der Waals surface area contributed by atoms with Crippen LogP contribution in [0.25, 0.3) is 0 Å². The summed E-state index contributed by atoms with van der Waals surface area (Å²) in [5.41, 5.74) is 0. The Morgan fingerprint density at radius 2 is 1.93 bits per heavy atom. The first-order valence-electron chi connectivity index (χ1n) is 4.91. The van der Waals surface area contributed by atoms with Crippen LogP contribution in [0, 0.1) is 5.92 Å². The van der Waals surface area contributed by atoms with Crippen molar-refractivity contribution < 1.29 is 19.1 Å². The smallest absolute Gasteiger partial charge is 0.400 e. The summed E-state index contributed by atoms with van der Waals surface area (Å²) in [5, 5.41) is 0. The molecule has 3 rings (SSSR count). The van der Waals surface area contributed by atoms with Crippen molar-refractivity contribution in [2.45, 2.75) is 25.2 Å². The van der Waals surface area contributed by atoms with Gasteiger partial charge in [-0.05, 0) is 18.8 Å². The van der Waals surface area contributed by atoms with Gasteiger partial charge in [-0.25, -0.2) is 14.5 Å². The monoisotopic (exact) mass is 197 g/mol. The lowest BCUT2D eigenvalue weighted by molar-refractivity contribution is -0.257. The molecule has 0 radical (unpaired) electrons. The van der Waals surface area contributed by atoms with E-state index < -0.39 is 17.8 Å². The Bertz CT molecular complexity index is 298. The second-order valence-corrected chi connectivity index (χ2v) is 4.13. The third-order valence-electron chi connectivity index (χ3n) is 3.31. The van der Waals surface area contributed by atoms with Crippen molar-refractivity contribution in [3.05, 3.63) is 0 Å². The summed E-state index contributed by atoms with van der Waals surface area (Å²) in [6.45, 7) is 1.73. The molecule has 3 aliphatic rings. The van der Waals surface area contributed by atoms with E-state index in [0.29, 0.717) is 12.3 Å². The predicted molar refractivity (Wildman–Crippen MR) is 43.8 cm³/mol. The lowest BCUT2D eigenvalue weighted by Crippen LogP contribution is -2.51. The minimum absolute atomic E-state index is 0.620. The highest BCUT2D eigenvalue weighted by molar-refractivity contribution is 6.31. The van der Waals surface area contributed by atoms with E-state index in [0.717, 1.165) is 25.9 Å². The maximum atomic E-state index is 11.0. The Morgan fingerprint density at radius 3 is 2.64 bits per heavy atom. The number of nitrogens with zero attached hydrogens (tertiary/aromatic N) is 1. The summed E-state index contributed by atoms with van der Waals surface area (Å²) < 4.78 is 10.1. The molecular weight excluding hydrogens is 186 g/mol. The van der Waals surface area contributed by atoms with Gasteiger partial charge in [0.15, 0.2) is 0 Å². The van der Waals surface area contributed by atoms with Crippen molar-refractivity contribution in [1.29, 1.82) is 0 Å². The molecule has 0 aromatic carbocycles. The summed E-state index contributed by atoms with van der Waals surface area (Å²) in [6.07, 6.45) is 2.70. The largest absolute Gasteiger partial charge is 0.421 e. The molecule has 0 N–H and O–H groups in total. The lowest BCUT2D eigenvalue weighted by Gasteiger charge is -2.37. The summed E-state index contributed by atoms with van der Waals surface area (Å²) in [5.74, 6) is -2.06. The Kier molecular flexibility index (Phi) is 1.45. The molecule has 0 amide bonds. The van der Waals surface area contributed by atoms with Crippen molar-refractivity contribution >= 4 is 11.9 Å². The Balaban J connectivity index is 1.90. The first kappa shape index (κ1) is 8.23. The van der Waals surface area contributed by atoms with E-state index in [-0.39, 0.29) is 0 Å². The van der Waals surface area contributed by atoms with Crippen LogP contribution in [-0.4, -0.2) is 35.8 Å². The molecule has 3 saturated heterocycles. The van der Waals surface area contributed by atoms with Crippen molar-refractivity contribution in [1.82, 2.24) is 4.90 Å². The van der Waals surface area contributed by atoms with E-state index in [1.54, 1.807) is 0 Å². The fourth-order valence-corrected chi connectivity index (χ4v) is 2.55. The zero-order chi connectivity index (χ0) is 9.76. The normalized spacial score (nSPS) is 38.6. The number of esters is 2. The van der Waals surface area contributed by atoms with Crippen LogP contribution >= 0.6 is 0 Å². The highest BCUT2D eigenvalue weighted by Crippen LogP contribution is 2.41. The number of piperidine rings is 1. The molecule has 14 heavy (non-hydrogen) atoms. The van der Waals surface area contributed by atoms with Gasteiger partial charge in [0.1, 0.15) is 0 Å². The third-order valence-corrected chi connectivity index (χ3v) is 3.31. The fourth-order valence-electron chi connectivity index (χ4n) is 2.55. The summed E-state index contributed by atoms with van der Waals surface area (Å²) in [6, 6.07) is 0. The van der Waals surface area contributed by atoms with Crippen LogP contribution in [-0.2, 0) is 19.1 Å². The van der Waals surface area contributed by atoms with Gasteiger partial charge in [-0.3, -0.25) is 0 Å². The molecule has 5 heteroatoms. The quantitative estimate of drug-likeness (QED) is 0.399. The minimum atomic E-state index is -1.04. The van der Waals surface area contributed by atoms with Gasteiger partial charge in [-0.1, -0.05) is 0 Å². The van der Waals surface area contributed by atoms with Crippen LogP contribution in [0.5, 0.6) is 0 Å². The van der Waals surface area contributed by atoms with Crippen molar-refractivity contribution in [3.63, 3.8) is 0 Å². The molecule has 5 nitrogen and oxygen atoms in total. The van der Waals surface area contributed by atoms with E-state index >= 15 is 0 Å². The predicted octanol–water partition coefficient (Wildman–Crippen LogP) is -0.144. The Morgan fingerprint density at radius 1 is 1.21 bits per heavy atom. The van der Waals surface area contributed by atoms with Gasteiger partial charge in [0.2, 0.25) is 0 Å². The van der Waals surface area contributed by atoms with Crippen LogP contribution in [0.4, 0.5) is 0 Å². The maximum Gasteiger partial charge on any atom is 0.421 e. The van der Waals surface area contributed by atoms with E-state index in [1.807, 2.05) is 4.90 Å². The molecule has 2 unspecified atom stereocenters. The van der Waals surface area contributed by atoms with Crippen LogP contribution < -0.4 is 0 Å². The van der Waals surface area contributed by atoms with Crippen LogP contribution in [0.2, 0.25) is 0 Å². The molecule has 3 heterocycles. The fraction of sp³-hybridized carbons (Fsp3) is 0.778. The lowest BCUT2D eigenvalue weighted by atomic mass is 9.99. The highest BCUT2D eigenvalue weighted by atomic mass is 16.8. The van der Waals surface area contributed by atoms with Gasteiger partial charge < -0.3 is 9.47 Å². The maximum absolute atomic E-state index is 11.0. The summed E-state index contributed by atoms with van der Waals surface area (Å²) >= 11 is 0. The number of fused-ring (bicyclic) bond motifs is 3. The molecule has 3 fully saturated rings. The summed E-state index contributed by atoms with van der Waals surface area (Å²) in [4.78, 5) is 24.0. The van der Waals surface area contributed by atoms with Gasteiger partial charge in [0.05, 0.1) is 0 Å². The number of carbonyl (C=O) groups is 2. The number of carbonyl (C=O) groups excluding carboxylic acids is 2. The second-order valence-electron chi connectivity index (χ2n) is 4.13. The van der Waals surface area contributed by atoms with Gasteiger partial charge in [-0.15, -0.1) is 0 Å². The molecule has 76 valence electrons. The zero-order valence-corrected chi connectivity index (χ0v) is 7.69. The zero-order valence-electron chi connectivity index (χ0n) is 7.69. The third kappa shape index (κ3) is 0.930. The molecule has 3 aliphatic heterocycles. The molecule has 0 aliphatic carbocycles. The topological polar surface area (TPSA) is 55.8 Å². The molecule has 0 saturated carbocycles. The van der Waals surface area contributed by atoms with Crippen molar-refractivity contribution in [2.75, 3.05) is 13.1 Å². The Hall–Kier alpha value is -1.10. The molecule has 0 aromatic rings. The minimum Gasteiger partial charge on any atom is -0.400 e. The standard InChI is InChI=1S/C9H11NO4/c11-7-8(12)14-9(13-7)3-1-6-2-4-10(9)5-6/h6H,1-5H2. The van der Waals surface area contributed by atoms with E-state index in [2.05, 4.69) is 0 Å². The average Bonchev–Trinajstić information content (AvgIpc) is 2.67.